The summed E-state index contributed by atoms with van der Waals surface area (Å²) in [6.45, 7) is 6.31. The number of carbonyl (C=O) groups is 1. The molecule has 0 aromatic rings. The van der Waals surface area contributed by atoms with E-state index in [1.807, 2.05) is 6.92 Å². The molecule has 1 unspecified atom stereocenters. The largest absolute Gasteiger partial charge is 0.342 e. The van der Waals surface area contributed by atoms with Gasteiger partial charge in [-0.05, 0) is 12.8 Å². The smallest absolute Gasteiger partial charge is 0.236 e. The van der Waals surface area contributed by atoms with Crippen molar-refractivity contribution in [3.63, 3.8) is 0 Å². The molecule has 0 aromatic heterocycles. The van der Waals surface area contributed by atoms with Crippen LogP contribution in [0.25, 0.3) is 0 Å². The van der Waals surface area contributed by atoms with Crippen molar-refractivity contribution in [2.45, 2.75) is 26.8 Å². The van der Waals surface area contributed by atoms with E-state index in [0.717, 1.165) is 0 Å². The van der Waals surface area contributed by atoms with Crippen LogP contribution in [0.3, 0.4) is 0 Å². The monoisotopic (exact) mass is 158 g/mol. The zero-order valence-corrected chi connectivity index (χ0v) is 7.79. The fourth-order valence-electron chi connectivity index (χ4n) is 0.818. The third-order valence-corrected chi connectivity index (χ3v) is 2.14. The van der Waals surface area contributed by atoms with Crippen LogP contribution in [0, 0.1) is 5.92 Å². The Morgan fingerprint density at radius 1 is 1.45 bits per heavy atom. The van der Waals surface area contributed by atoms with Gasteiger partial charge in [0.25, 0.3) is 0 Å². The lowest BCUT2D eigenvalue weighted by molar-refractivity contribution is -0.130. The maximum Gasteiger partial charge on any atom is 0.236 e. The Morgan fingerprint density at radius 2 is 1.91 bits per heavy atom. The number of rotatable bonds is 3. The minimum Gasteiger partial charge on any atom is -0.342 e. The van der Waals surface area contributed by atoms with E-state index < -0.39 is 0 Å². The Labute approximate surface area is 68.6 Å². The molecule has 2 N–H and O–H groups in total. The maximum atomic E-state index is 11.1. The number of nitrogens with zero attached hydrogens (tertiary/aromatic N) is 1. The van der Waals surface area contributed by atoms with Gasteiger partial charge in [0.2, 0.25) is 5.91 Å². The molecule has 0 aliphatic rings. The zero-order chi connectivity index (χ0) is 9.02. The van der Waals surface area contributed by atoms with Crippen LogP contribution in [0.2, 0.25) is 0 Å². The van der Waals surface area contributed by atoms with Gasteiger partial charge in [-0.25, -0.2) is 0 Å². The molecule has 0 rings (SSSR count). The van der Waals surface area contributed by atoms with Crippen LogP contribution in [0.4, 0.5) is 0 Å². The summed E-state index contributed by atoms with van der Waals surface area (Å²) >= 11 is 0. The molecule has 66 valence electrons. The van der Waals surface area contributed by atoms with Crippen molar-refractivity contribution in [2.24, 2.45) is 11.7 Å². The number of carbonyl (C=O) groups excluding carboxylic acids is 1. The third-order valence-electron chi connectivity index (χ3n) is 2.14. The number of hydrogen-bond acceptors (Lipinski definition) is 2. The number of amides is 1. The second-order valence-corrected chi connectivity index (χ2v) is 3.19. The minimum atomic E-state index is 0.00574. The van der Waals surface area contributed by atoms with Gasteiger partial charge in [0.05, 0.1) is 6.54 Å². The number of nitrogens with two attached hydrogens (primary N) is 1. The summed E-state index contributed by atoms with van der Waals surface area (Å²) in [6.07, 6.45) is 0. The highest BCUT2D eigenvalue weighted by molar-refractivity contribution is 5.77. The molecular weight excluding hydrogens is 140 g/mol. The van der Waals surface area contributed by atoms with Gasteiger partial charge in [0, 0.05) is 13.1 Å². The highest BCUT2D eigenvalue weighted by atomic mass is 16.2. The maximum absolute atomic E-state index is 11.1. The molecule has 0 aliphatic heterocycles. The average Bonchev–Trinajstić information content (AvgIpc) is 2.00. The first-order chi connectivity index (χ1) is 5.00. The topological polar surface area (TPSA) is 46.3 Å². The van der Waals surface area contributed by atoms with Crippen molar-refractivity contribution in [1.29, 1.82) is 0 Å². The molecule has 11 heavy (non-hydrogen) atoms. The molecule has 0 radical (unpaired) electrons. The predicted molar refractivity (Wildman–Crippen MR) is 46.1 cm³/mol. The van der Waals surface area contributed by atoms with Crippen molar-refractivity contribution < 1.29 is 4.79 Å². The second kappa shape index (κ2) is 4.34. The molecule has 0 spiro atoms. The summed E-state index contributed by atoms with van der Waals surface area (Å²) < 4.78 is 0. The standard InChI is InChI=1S/C8H18N2O/c1-6(2)7(3)10(4)8(11)5-9/h6-7H,5,9H2,1-4H3. The number of hydrogen-bond donors (Lipinski definition) is 1. The van der Waals surface area contributed by atoms with Crippen molar-refractivity contribution in [3.05, 3.63) is 0 Å². The predicted octanol–water partition coefficient (Wildman–Crippen LogP) is 0.448. The van der Waals surface area contributed by atoms with Crippen LogP contribution in [0.15, 0.2) is 0 Å². The summed E-state index contributed by atoms with van der Waals surface area (Å²) in [4.78, 5) is 12.8. The lowest BCUT2D eigenvalue weighted by Crippen LogP contribution is -2.41. The molecule has 1 atom stereocenters. The van der Waals surface area contributed by atoms with Crippen LogP contribution >= 0.6 is 0 Å². The Morgan fingerprint density at radius 3 is 2.18 bits per heavy atom. The molecule has 0 saturated carbocycles. The molecule has 1 amide bonds. The average molecular weight is 158 g/mol. The van der Waals surface area contributed by atoms with Crippen molar-refractivity contribution in [1.82, 2.24) is 4.90 Å². The van der Waals surface area contributed by atoms with Crippen LogP contribution < -0.4 is 5.73 Å². The van der Waals surface area contributed by atoms with Gasteiger partial charge in [-0.3, -0.25) is 4.79 Å². The van der Waals surface area contributed by atoms with Gasteiger partial charge < -0.3 is 10.6 Å². The minimum absolute atomic E-state index is 0.00574. The fraction of sp³-hybridized carbons (Fsp3) is 0.875. The van der Waals surface area contributed by atoms with Gasteiger partial charge in [-0.1, -0.05) is 13.8 Å². The SMILES string of the molecule is CC(C)C(C)N(C)C(=O)CN. The van der Waals surface area contributed by atoms with Crippen LogP contribution in [-0.2, 0) is 4.79 Å². The quantitative estimate of drug-likeness (QED) is 0.648. The Hall–Kier alpha value is -0.570. The first-order valence-corrected chi connectivity index (χ1v) is 3.96. The van der Waals surface area contributed by atoms with E-state index in [2.05, 4.69) is 13.8 Å². The van der Waals surface area contributed by atoms with Crippen LogP contribution in [0.5, 0.6) is 0 Å². The molecule has 0 aliphatic carbocycles. The third kappa shape index (κ3) is 2.89. The lowest BCUT2D eigenvalue weighted by Gasteiger charge is -2.27. The lowest BCUT2D eigenvalue weighted by atomic mass is 10.1. The van der Waals surface area contributed by atoms with Crippen LogP contribution in [0.1, 0.15) is 20.8 Å². The summed E-state index contributed by atoms with van der Waals surface area (Å²) in [5, 5.41) is 0. The zero-order valence-electron chi connectivity index (χ0n) is 7.79. The second-order valence-electron chi connectivity index (χ2n) is 3.19. The number of likely N-dealkylation sites (N-methyl/N-ethyl adjacent to an activating group) is 1. The molecule has 3 heteroatoms. The molecule has 0 bridgehead atoms. The molecule has 0 saturated heterocycles. The first kappa shape index (κ1) is 10.4. The van der Waals surface area contributed by atoms with E-state index in [1.54, 1.807) is 11.9 Å². The van der Waals surface area contributed by atoms with E-state index in [1.165, 1.54) is 0 Å². The van der Waals surface area contributed by atoms with E-state index in [0.29, 0.717) is 5.92 Å². The molecule has 0 aromatic carbocycles. The fourth-order valence-corrected chi connectivity index (χ4v) is 0.818. The van der Waals surface area contributed by atoms with E-state index in [4.69, 9.17) is 5.73 Å². The van der Waals surface area contributed by atoms with Crippen LogP contribution in [-0.4, -0.2) is 30.4 Å². The van der Waals surface area contributed by atoms with Crippen molar-refractivity contribution >= 4 is 5.91 Å². The van der Waals surface area contributed by atoms with E-state index in [-0.39, 0.29) is 18.5 Å². The molecule has 0 heterocycles. The summed E-state index contributed by atoms with van der Waals surface area (Å²) in [6, 6.07) is 0.269. The van der Waals surface area contributed by atoms with E-state index >= 15 is 0 Å². The van der Waals surface area contributed by atoms with Gasteiger partial charge in [0.1, 0.15) is 0 Å². The van der Waals surface area contributed by atoms with Gasteiger partial charge in [0.15, 0.2) is 0 Å². The molecule has 3 nitrogen and oxygen atoms in total. The Bertz CT molecular complexity index is 134. The first-order valence-electron chi connectivity index (χ1n) is 3.96. The van der Waals surface area contributed by atoms with Crippen molar-refractivity contribution in [3.8, 4) is 0 Å². The van der Waals surface area contributed by atoms with E-state index in [9.17, 15) is 4.79 Å². The van der Waals surface area contributed by atoms with Gasteiger partial charge in [-0.15, -0.1) is 0 Å². The highest BCUT2D eigenvalue weighted by Gasteiger charge is 2.16. The van der Waals surface area contributed by atoms with Gasteiger partial charge in [-0.2, -0.15) is 0 Å². The summed E-state index contributed by atoms with van der Waals surface area (Å²) in [7, 11) is 1.79. The Balaban J connectivity index is 4.01. The van der Waals surface area contributed by atoms with Crippen molar-refractivity contribution in [2.75, 3.05) is 13.6 Å². The summed E-state index contributed by atoms with van der Waals surface area (Å²) in [5.41, 5.74) is 5.22. The Kier molecular flexibility index (Phi) is 4.11. The normalized spacial score (nSPS) is 13.3. The molecular formula is C8H18N2O. The highest BCUT2D eigenvalue weighted by Crippen LogP contribution is 2.07. The molecule has 0 fully saturated rings. The summed E-state index contributed by atoms with van der Waals surface area (Å²) in [5.74, 6) is 0.488. The van der Waals surface area contributed by atoms with Gasteiger partial charge >= 0.3 is 0 Å².